The van der Waals surface area contributed by atoms with E-state index in [1.165, 1.54) is 12.1 Å². The third kappa shape index (κ3) is 6.64. The number of nitrogens with one attached hydrogen (secondary N) is 2. The lowest BCUT2D eigenvalue weighted by molar-refractivity contribution is 0.252. The molecule has 6 heteroatoms. The molecule has 2 amide bonds. The van der Waals surface area contributed by atoms with E-state index in [2.05, 4.69) is 16.7 Å². The van der Waals surface area contributed by atoms with E-state index < -0.39 is 0 Å². The molecule has 0 atom stereocenters. The molecular formula is C24H22FN3O2. The highest BCUT2D eigenvalue weighted by Crippen LogP contribution is 2.16. The van der Waals surface area contributed by atoms with E-state index in [-0.39, 0.29) is 11.8 Å². The molecule has 0 fully saturated rings. The van der Waals surface area contributed by atoms with Gasteiger partial charge in [0.2, 0.25) is 0 Å². The standard InChI is InChI=1S/C24H22FN3O2/c25-21-8-4-19(5-9-21)13-15-27-24(29)28-22-3-1-2-20(16-22)17-30-23-10-6-18(7-11-23)12-14-26/h1-11,16H,12-13,15,17H2,(H2,27,28,29). The maximum absolute atomic E-state index is 12.9. The van der Waals surface area contributed by atoms with Crippen molar-refractivity contribution in [3.8, 4) is 11.8 Å². The number of rotatable bonds is 8. The molecule has 2 N–H and O–H groups in total. The number of nitriles is 1. The Kier molecular flexibility index (Phi) is 7.39. The lowest BCUT2D eigenvalue weighted by Gasteiger charge is -2.10. The van der Waals surface area contributed by atoms with E-state index in [9.17, 15) is 9.18 Å². The van der Waals surface area contributed by atoms with Gasteiger partial charge in [-0.05, 0) is 59.5 Å². The maximum atomic E-state index is 12.9. The first-order chi connectivity index (χ1) is 14.6. The van der Waals surface area contributed by atoms with Crippen LogP contribution in [0.4, 0.5) is 14.9 Å². The highest BCUT2D eigenvalue weighted by atomic mass is 19.1. The quantitative estimate of drug-likeness (QED) is 0.565. The summed E-state index contributed by atoms with van der Waals surface area (Å²) in [6.45, 7) is 0.807. The predicted octanol–water partition coefficient (Wildman–Crippen LogP) is 4.83. The van der Waals surface area contributed by atoms with Crippen molar-refractivity contribution in [2.24, 2.45) is 0 Å². The summed E-state index contributed by atoms with van der Waals surface area (Å²) in [5, 5.41) is 14.3. The number of hydrogen-bond donors (Lipinski definition) is 2. The minimum Gasteiger partial charge on any atom is -0.489 e. The van der Waals surface area contributed by atoms with Crippen LogP contribution in [0.3, 0.4) is 0 Å². The Balaban J connectivity index is 1.45. The van der Waals surface area contributed by atoms with E-state index >= 15 is 0 Å². The van der Waals surface area contributed by atoms with Crippen LogP contribution in [0.15, 0.2) is 72.8 Å². The molecule has 0 saturated heterocycles. The van der Waals surface area contributed by atoms with Crippen molar-refractivity contribution in [1.82, 2.24) is 5.32 Å². The van der Waals surface area contributed by atoms with Crippen molar-refractivity contribution in [3.63, 3.8) is 0 Å². The first kappa shape index (κ1) is 20.9. The smallest absolute Gasteiger partial charge is 0.319 e. The fourth-order valence-electron chi connectivity index (χ4n) is 2.85. The van der Waals surface area contributed by atoms with Gasteiger partial charge in [-0.25, -0.2) is 9.18 Å². The predicted molar refractivity (Wildman–Crippen MR) is 114 cm³/mol. The summed E-state index contributed by atoms with van der Waals surface area (Å²) >= 11 is 0. The van der Waals surface area contributed by atoms with Crippen molar-refractivity contribution in [1.29, 1.82) is 5.26 Å². The van der Waals surface area contributed by atoms with Gasteiger partial charge in [0.25, 0.3) is 0 Å². The Labute approximate surface area is 175 Å². The molecule has 0 unspecified atom stereocenters. The van der Waals surface area contributed by atoms with Gasteiger partial charge in [-0.15, -0.1) is 0 Å². The topological polar surface area (TPSA) is 74.1 Å². The Bertz CT molecular complexity index is 1010. The zero-order chi connectivity index (χ0) is 21.2. The number of nitrogens with zero attached hydrogens (tertiary/aromatic N) is 1. The minimum atomic E-state index is -0.303. The monoisotopic (exact) mass is 403 g/mol. The number of urea groups is 1. The van der Waals surface area contributed by atoms with Crippen LogP contribution in [0.25, 0.3) is 0 Å². The van der Waals surface area contributed by atoms with E-state index in [1.54, 1.807) is 18.2 Å². The van der Waals surface area contributed by atoms with Gasteiger partial charge in [-0.2, -0.15) is 5.26 Å². The van der Waals surface area contributed by atoms with Gasteiger partial charge in [-0.1, -0.05) is 36.4 Å². The molecule has 0 spiro atoms. The summed E-state index contributed by atoms with van der Waals surface area (Å²) in [5.74, 6) is 0.443. The van der Waals surface area contributed by atoms with E-state index in [0.717, 1.165) is 16.7 Å². The highest BCUT2D eigenvalue weighted by molar-refractivity contribution is 5.89. The second-order valence-electron chi connectivity index (χ2n) is 6.73. The second-order valence-corrected chi connectivity index (χ2v) is 6.73. The molecule has 0 heterocycles. The van der Waals surface area contributed by atoms with Crippen LogP contribution in [0, 0.1) is 17.1 Å². The lowest BCUT2D eigenvalue weighted by atomic mass is 10.1. The summed E-state index contributed by atoms with van der Waals surface area (Å²) in [6.07, 6.45) is 0.995. The van der Waals surface area contributed by atoms with E-state index in [0.29, 0.717) is 37.4 Å². The van der Waals surface area contributed by atoms with Crippen LogP contribution in [0.2, 0.25) is 0 Å². The number of halogens is 1. The summed E-state index contributed by atoms with van der Waals surface area (Å²) in [7, 11) is 0. The zero-order valence-corrected chi connectivity index (χ0v) is 16.4. The molecule has 0 aliphatic rings. The maximum Gasteiger partial charge on any atom is 0.319 e. The first-order valence-corrected chi connectivity index (χ1v) is 9.59. The molecular weight excluding hydrogens is 381 g/mol. The SMILES string of the molecule is N#CCc1ccc(OCc2cccc(NC(=O)NCCc3ccc(F)cc3)c2)cc1. The van der Waals surface area contributed by atoms with E-state index in [4.69, 9.17) is 10.00 Å². The number of ether oxygens (including phenoxy) is 1. The summed E-state index contributed by atoms with van der Waals surface area (Å²) in [5.41, 5.74) is 3.48. The Morgan fingerprint density at radius 2 is 1.70 bits per heavy atom. The number of anilines is 1. The lowest BCUT2D eigenvalue weighted by Crippen LogP contribution is -2.30. The Hall–Kier alpha value is -3.85. The minimum absolute atomic E-state index is 0.274. The number of carbonyl (C=O) groups excluding carboxylic acids is 1. The highest BCUT2D eigenvalue weighted by Gasteiger charge is 2.04. The normalized spacial score (nSPS) is 10.1. The van der Waals surface area contributed by atoms with Gasteiger partial charge in [-0.3, -0.25) is 0 Å². The van der Waals surface area contributed by atoms with Crippen molar-refractivity contribution in [2.75, 3.05) is 11.9 Å². The van der Waals surface area contributed by atoms with Crippen molar-refractivity contribution < 1.29 is 13.9 Å². The molecule has 0 aliphatic heterocycles. The van der Waals surface area contributed by atoms with Crippen molar-refractivity contribution >= 4 is 11.7 Å². The zero-order valence-electron chi connectivity index (χ0n) is 16.4. The molecule has 3 aromatic rings. The fraction of sp³-hybridized carbons (Fsp3) is 0.167. The molecule has 0 radical (unpaired) electrons. The molecule has 0 bridgehead atoms. The largest absolute Gasteiger partial charge is 0.489 e. The Morgan fingerprint density at radius 3 is 2.43 bits per heavy atom. The molecule has 3 rings (SSSR count). The van der Waals surface area contributed by atoms with Crippen LogP contribution in [-0.4, -0.2) is 12.6 Å². The Morgan fingerprint density at radius 1 is 0.967 bits per heavy atom. The van der Waals surface area contributed by atoms with Gasteiger partial charge in [0.15, 0.2) is 0 Å². The fourth-order valence-corrected chi connectivity index (χ4v) is 2.85. The van der Waals surface area contributed by atoms with Crippen LogP contribution in [0.5, 0.6) is 5.75 Å². The number of hydrogen-bond acceptors (Lipinski definition) is 3. The molecule has 152 valence electrons. The van der Waals surface area contributed by atoms with Gasteiger partial charge in [0, 0.05) is 12.2 Å². The number of carbonyl (C=O) groups is 1. The average Bonchev–Trinajstić information content (AvgIpc) is 2.75. The van der Waals surface area contributed by atoms with Crippen LogP contribution in [-0.2, 0) is 19.4 Å². The molecule has 5 nitrogen and oxygen atoms in total. The van der Waals surface area contributed by atoms with Crippen molar-refractivity contribution in [3.05, 3.63) is 95.3 Å². The number of amides is 2. The van der Waals surface area contributed by atoms with Crippen LogP contribution >= 0.6 is 0 Å². The van der Waals surface area contributed by atoms with Gasteiger partial charge in [0.05, 0.1) is 12.5 Å². The van der Waals surface area contributed by atoms with Gasteiger partial charge >= 0.3 is 6.03 Å². The van der Waals surface area contributed by atoms with Crippen LogP contribution in [0.1, 0.15) is 16.7 Å². The van der Waals surface area contributed by atoms with Gasteiger partial charge < -0.3 is 15.4 Å². The molecule has 0 saturated carbocycles. The summed E-state index contributed by atoms with van der Waals surface area (Å²) in [6, 6.07) is 22.9. The third-order valence-electron chi connectivity index (χ3n) is 4.41. The molecule has 3 aromatic carbocycles. The molecule has 0 aromatic heterocycles. The van der Waals surface area contributed by atoms with E-state index in [1.807, 2.05) is 42.5 Å². The molecule has 30 heavy (non-hydrogen) atoms. The summed E-state index contributed by atoms with van der Waals surface area (Å²) < 4.78 is 18.7. The third-order valence-corrected chi connectivity index (χ3v) is 4.41. The average molecular weight is 403 g/mol. The van der Waals surface area contributed by atoms with Gasteiger partial charge in [0.1, 0.15) is 18.2 Å². The second kappa shape index (κ2) is 10.6. The number of benzene rings is 3. The van der Waals surface area contributed by atoms with Crippen LogP contribution < -0.4 is 15.4 Å². The molecule has 0 aliphatic carbocycles. The van der Waals surface area contributed by atoms with Crippen molar-refractivity contribution in [2.45, 2.75) is 19.4 Å². The summed E-state index contributed by atoms with van der Waals surface area (Å²) in [4.78, 5) is 12.1. The first-order valence-electron chi connectivity index (χ1n) is 9.59.